The van der Waals surface area contributed by atoms with E-state index in [0.29, 0.717) is 0 Å². The molecule has 16 heavy (non-hydrogen) atoms. The number of aliphatic hydroxyl groups is 3. The molecule has 7 heteroatoms. The van der Waals surface area contributed by atoms with Crippen LogP contribution in [0.15, 0.2) is 4.99 Å². The van der Waals surface area contributed by atoms with Gasteiger partial charge >= 0.3 is 0 Å². The van der Waals surface area contributed by atoms with E-state index in [4.69, 9.17) is 9.84 Å². The van der Waals surface area contributed by atoms with E-state index in [2.05, 4.69) is 4.99 Å². The third kappa shape index (κ3) is 1.93. The van der Waals surface area contributed by atoms with Crippen LogP contribution >= 0.6 is 11.8 Å². The van der Waals surface area contributed by atoms with Crippen LogP contribution in [0.4, 0.5) is 0 Å². The lowest BCUT2D eigenvalue weighted by Crippen LogP contribution is -2.55. The molecule has 2 rings (SSSR count). The summed E-state index contributed by atoms with van der Waals surface area (Å²) in [5.41, 5.74) is -0.326. The SMILES string of the molecule is CN(C)C1=N[C@H]2[C@@H](O)[C@H](O)[C@@H](CO)O[C@H]2S1. The van der Waals surface area contributed by atoms with Crippen LogP contribution in [0.1, 0.15) is 0 Å². The molecule has 1 saturated heterocycles. The molecule has 0 aromatic rings. The lowest BCUT2D eigenvalue weighted by atomic mass is 9.99. The maximum Gasteiger partial charge on any atom is 0.161 e. The van der Waals surface area contributed by atoms with Crippen LogP contribution in [0.3, 0.4) is 0 Å². The van der Waals surface area contributed by atoms with E-state index in [-0.39, 0.29) is 12.0 Å². The lowest BCUT2D eigenvalue weighted by Gasteiger charge is -2.37. The van der Waals surface area contributed by atoms with Crippen LogP contribution in [0.5, 0.6) is 0 Å². The predicted molar refractivity (Wildman–Crippen MR) is 60.3 cm³/mol. The maximum atomic E-state index is 9.87. The highest BCUT2D eigenvalue weighted by atomic mass is 32.2. The minimum Gasteiger partial charge on any atom is -0.394 e. The van der Waals surface area contributed by atoms with Crippen LogP contribution in [0, 0.1) is 0 Å². The number of thioether (sulfide) groups is 1. The molecule has 3 N–H and O–H groups in total. The second-order valence-electron chi connectivity index (χ2n) is 4.12. The standard InChI is InChI=1S/C9H16N2O4S/c1-11(2)9-10-5-7(14)6(13)4(3-12)15-8(5)16-9/h4-8,12-14H,3H2,1-2H3/t4-,5+,6-,7-,8+/m1/s1. The van der Waals surface area contributed by atoms with Gasteiger partial charge in [0.25, 0.3) is 0 Å². The van der Waals surface area contributed by atoms with Crippen molar-refractivity contribution in [3.05, 3.63) is 0 Å². The number of rotatable bonds is 1. The highest BCUT2D eigenvalue weighted by molar-refractivity contribution is 8.14. The minimum atomic E-state index is -1.09. The summed E-state index contributed by atoms with van der Waals surface area (Å²) in [5.74, 6) is 0. The minimum absolute atomic E-state index is 0.306. The number of nitrogens with zero attached hydrogens (tertiary/aromatic N) is 2. The van der Waals surface area contributed by atoms with Gasteiger partial charge in [0.05, 0.1) is 6.61 Å². The van der Waals surface area contributed by atoms with Crippen molar-refractivity contribution >= 4 is 16.9 Å². The molecule has 0 amide bonds. The molecule has 92 valence electrons. The van der Waals surface area contributed by atoms with Crippen molar-refractivity contribution in [3.8, 4) is 0 Å². The summed E-state index contributed by atoms with van der Waals surface area (Å²) < 4.78 is 5.48. The summed E-state index contributed by atoms with van der Waals surface area (Å²) in [6, 6.07) is -0.458. The van der Waals surface area contributed by atoms with Crippen molar-refractivity contribution in [3.63, 3.8) is 0 Å². The molecule has 0 aromatic heterocycles. The monoisotopic (exact) mass is 248 g/mol. The normalized spacial score (nSPS) is 42.8. The Hall–Kier alpha value is -0.340. The molecule has 2 aliphatic rings. The molecular formula is C9H16N2O4S. The highest BCUT2D eigenvalue weighted by Gasteiger charge is 2.48. The lowest BCUT2D eigenvalue weighted by molar-refractivity contribution is -0.164. The second-order valence-corrected chi connectivity index (χ2v) is 5.19. The van der Waals surface area contributed by atoms with Gasteiger partial charge in [0.2, 0.25) is 0 Å². The van der Waals surface area contributed by atoms with Gasteiger partial charge in [0.1, 0.15) is 29.8 Å². The molecule has 0 radical (unpaired) electrons. The van der Waals surface area contributed by atoms with Crippen molar-refractivity contribution < 1.29 is 20.1 Å². The summed E-state index contributed by atoms with van der Waals surface area (Å²) in [6.45, 7) is -0.306. The molecule has 2 heterocycles. The molecule has 0 saturated carbocycles. The van der Waals surface area contributed by atoms with Gasteiger partial charge in [-0.15, -0.1) is 0 Å². The van der Waals surface area contributed by atoms with Crippen molar-refractivity contribution in [2.75, 3.05) is 20.7 Å². The number of aliphatic imine (C=N–C) groups is 1. The molecule has 0 aromatic carbocycles. The molecule has 0 aliphatic carbocycles. The Morgan fingerprint density at radius 1 is 1.38 bits per heavy atom. The number of amidine groups is 1. The molecule has 6 nitrogen and oxygen atoms in total. The Labute approximate surface area is 97.9 Å². The average molecular weight is 248 g/mol. The Kier molecular flexibility index (Phi) is 3.41. The zero-order valence-corrected chi connectivity index (χ0v) is 9.96. The predicted octanol–water partition coefficient (Wildman–Crippen LogP) is -1.54. The van der Waals surface area contributed by atoms with Crippen LogP contribution in [0.25, 0.3) is 0 Å². The van der Waals surface area contributed by atoms with Crippen molar-refractivity contribution in [1.82, 2.24) is 4.90 Å². The fraction of sp³-hybridized carbons (Fsp3) is 0.889. The molecule has 5 atom stereocenters. The Morgan fingerprint density at radius 3 is 2.62 bits per heavy atom. The number of ether oxygens (including phenoxy) is 1. The largest absolute Gasteiger partial charge is 0.394 e. The number of hydrogen-bond acceptors (Lipinski definition) is 7. The van der Waals surface area contributed by atoms with Gasteiger partial charge in [0, 0.05) is 14.1 Å². The van der Waals surface area contributed by atoms with E-state index < -0.39 is 24.4 Å². The average Bonchev–Trinajstić information content (AvgIpc) is 2.67. The van der Waals surface area contributed by atoms with Gasteiger partial charge in [0.15, 0.2) is 5.17 Å². The Bertz CT molecular complexity index is 299. The van der Waals surface area contributed by atoms with Gasteiger partial charge < -0.3 is 25.0 Å². The molecular weight excluding hydrogens is 232 g/mol. The summed E-state index contributed by atoms with van der Waals surface area (Å²) in [7, 11) is 3.71. The molecule has 0 bridgehead atoms. The Morgan fingerprint density at radius 2 is 2.06 bits per heavy atom. The van der Waals surface area contributed by atoms with E-state index in [0.717, 1.165) is 5.17 Å². The van der Waals surface area contributed by atoms with E-state index >= 15 is 0 Å². The zero-order valence-electron chi connectivity index (χ0n) is 9.15. The maximum absolute atomic E-state index is 9.87. The molecule has 0 unspecified atom stereocenters. The van der Waals surface area contributed by atoms with Gasteiger partial charge in [-0.25, -0.2) is 0 Å². The first-order valence-electron chi connectivity index (χ1n) is 5.09. The van der Waals surface area contributed by atoms with Gasteiger partial charge in [-0.2, -0.15) is 0 Å². The van der Waals surface area contributed by atoms with Crippen molar-refractivity contribution in [1.29, 1.82) is 0 Å². The van der Waals surface area contributed by atoms with Crippen molar-refractivity contribution in [2.45, 2.75) is 29.8 Å². The summed E-state index contributed by atoms with van der Waals surface area (Å²) >= 11 is 1.40. The van der Waals surface area contributed by atoms with E-state index in [9.17, 15) is 10.2 Å². The first kappa shape index (κ1) is 12.1. The summed E-state index contributed by atoms with van der Waals surface area (Å²) in [6.07, 6.45) is -2.81. The summed E-state index contributed by atoms with van der Waals surface area (Å²) in [5, 5.41) is 29.3. The van der Waals surface area contributed by atoms with Crippen molar-refractivity contribution in [2.24, 2.45) is 4.99 Å². The van der Waals surface area contributed by atoms with E-state index in [1.165, 1.54) is 11.8 Å². The fourth-order valence-electron chi connectivity index (χ4n) is 1.78. The zero-order chi connectivity index (χ0) is 11.9. The molecule has 2 aliphatic heterocycles. The van der Waals surface area contributed by atoms with Gasteiger partial charge in [-0.3, -0.25) is 4.99 Å². The molecule has 1 fully saturated rings. The molecule has 0 spiro atoms. The topological polar surface area (TPSA) is 85.5 Å². The van der Waals surface area contributed by atoms with Crippen LogP contribution < -0.4 is 0 Å². The van der Waals surface area contributed by atoms with Crippen LogP contribution in [0.2, 0.25) is 0 Å². The van der Waals surface area contributed by atoms with E-state index in [1.54, 1.807) is 0 Å². The van der Waals surface area contributed by atoms with Crippen LogP contribution in [-0.2, 0) is 4.74 Å². The quantitative estimate of drug-likeness (QED) is 0.521. The van der Waals surface area contributed by atoms with Gasteiger partial charge in [-0.1, -0.05) is 11.8 Å². The number of aliphatic hydroxyl groups excluding tert-OH is 3. The third-order valence-electron chi connectivity index (χ3n) is 2.71. The van der Waals surface area contributed by atoms with E-state index in [1.807, 2.05) is 19.0 Å². The number of hydrogen-bond donors (Lipinski definition) is 3. The fourth-order valence-corrected chi connectivity index (χ4v) is 2.95. The summed E-state index contributed by atoms with van der Waals surface area (Å²) in [4.78, 5) is 6.13. The van der Waals surface area contributed by atoms with Crippen LogP contribution in [-0.4, -0.2) is 75.9 Å². The Balaban J connectivity index is 2.14. The van der Waals surface area contributed by atoms with Gasteiger partial charge in [-0.05, 0) is 0 Å². The highest BCUT2D eigenvalue weighted by Crippen LogP contribution is 2.36. The third-order valence-corrected chi connectivity index (χ3v) is 4.02. The first-order chi connectivity index (χ1) is 7.54. The first-order valence-corrected chi connectivity index (χ1v) is 5.96. The second kappa shape index (κ2) is 4.50. The smallest absolute Gasteiger partial charge is 0.161 e. The number of fused-ring (bicyclic) bond motifs is 1.